The Balaban J connectivity index is 1.59. The average molecular weight is 314 g/mol. The van der Waals surface area contributed by atoms with Crippen molar-refractivity contribution >= 4 is 11.6 Å². The minimum Gasteiger partial charge on any atom is -0.370 e. The molecule has 1 saturated heterocycles. The minimum absolute atomic E-state index is 0.0754. The van der Waals surface area contributed by atoms with Gasteiger partial charge in [-0.15, -0.1) is 0 Å². The van der Waals surface area contributed by atoms with Gasteiger partial charge in [-0.05, 0) is 30.7 Å². The van der Waals surface area contributed by atoms with Gasteiger partial charge in [0.1, 0.15) is 5.82 Å². The summed E-state index contributed by atoms with van der Waals surface area (Å²) < 4.78 is 13.0. The maximum Gasteiger partial charge on any atom is 0.228 e. The summed E-state index contributed by atoms with van der Waals surface area (Å²) in [4.78, 5) is 24.6. The molecular weight excluding hydrogens is 295 g/mol. The monoisotopic (exact) mass is 314 g/mol. The number of carbonyl (C=O) groups excluding carboxylic acids is 1. The third kappa shape index (κ3) is 4.03. The lowest BCUT2D eigenvalue weighted by Crippen LogP contribution is -2.36. The van der Waals surface area contributed by atoms with E-state index < -0.39 is 0 Å². The maximum absolute atomic E-state index is 13.0. The fourth-order valence-corrected chi connectivity index (χ4v) is 2.76. The number of benzene rings is 1. The Morgan fingerprint density at radius 3 is 2.65 bits per heavy atom. The van der Waals surface area contributed by atoms with Gasteiger partial charge in [0.25, 0.3) is 0 Å². The topological polar surface area (TPSA) is 49.3 Å². The zero-order chi connectivity index (χ0) is 16.1. The molecule has 5 nitrogen and oxygen atoms in total. The van der Waals surface area contributed by atoms with Crippen LogP contribution >= 0.6 is 0 Å². The normalized spacial score (nSPS) is 15.3. The van der Waals surface area contributed by atoms with Crippen molar-refractivity contribution in [2.75, 3.05) is 31.1 Å². The van der Waals surface area contributed by atoms with Crippen LogP contribution in [-0.2, 0) is 11.2 Å². The summed E-state index contributed by atoms with van der Waals surface area (Å²) in [6, 6.07) is 6.51. The Morgan fingerprint density at radius 1 is 1.09 bits per heavy atom. The Labute approximate surface area is 134 Å². The molecule has 0 bridgehead atoms. The number of rotatable bonds is 3. The van der Waals surface area contributed by atoms with Gasteiger partial charge in [0, 0.05) is 50.5 Å². The third-order valence-electron chi connectivity index (χ3n) is 3.99. The fourth-order valence-electron chi connectivity index (χ4n) is 2.76. The van der Waals surface area contributed by atoms with E-state index in [0.29, 0.717) is 12.2 Å². The van der Waals surface area contributed by atoms with Crippen molar-refractivity contribution in [1.29, 1.82) is 0 Å². The van der Waals surface area contributed by atoms with E-state index >= 15 is 0 Å². The van der Waals surface area contributed by atoms with Crippen LogP contribution in [0, 0.1) is 5.82 Å². The van der Waals surface area contributed by atoms with E-state index in [1.807, 2.05) is 4.90 Å². The van der Waals surface area contributed by atoms with Crippen LogP contribution in [0.1, 0.15) is 12.1 Å². The second-order valence-corrected chi connectivity index (χ2v) is 5.57. The molecule has 2 heterocycles. The van der Waals surface area contributed by atoms with Gasteiger partial charge in [0.2, 0.25) is 5.91 Å². The highest BCUT2D eigenvalue weighted by Gasteiger charge is 2.19. The minimum atomic E-state index is -0.232. The lowest BCUT2D eigenvalue weighted by Gasteiger charge is -2.23. The molecule has 0 N–H and O–H groups in total. The van der Waals surface area contributed by atoms with Crippen LogP contribution in [0.4, 0.5) is 10.1 Å². The first-order valence-electron chi connectivity index (χ1n) is 7.75. The van der Waals surface area contributed by atoms with Gasteiger partial charge in [0.05, 0.1) is 12.1 Å². The van der Waals surface area contributed by atoms with Gasteiger partial charge in [-0.1, -0.05) is 0 Å². The molecule has 23 heavy (non-hydrogen) atoms. The number of hydrogen-bond acceptors (Lipinski definition) is 4. The smallest absolute Gasteiger partial charge is 0.228 e. The lowest BCUT2D eigenvalue weighted by molar-refractivity contribution is -0.130. The average Bonchev–Trinajstić information content (AvgIpc) is 2.83. The third-order valence-corrected chi connectivity index (χ3v) is 3.99. The number of carbonyl (C=O) groups is 1. The highest BCUT2D eigenvalue weighted by molar-refractivity contribution is 5.78. The molecule has 1 aliphatic rings. The molecule has 0 radical (unpaired) electrons. The summed E-state index contributed by atoms with van der Waals surface area (Å²) in [6.07, 6.45) is 6.00. The van der Waals surface area contributed by atoms with Crippen molar-refractivity contribution in [3.05, 3.63) is 54.4 Å². The summed E-state index contributed by atoms with van der Waals surface area (Å²) in [7, 11) is 0. The van der Waals surface area contributed by atoms with Gasteiger partial charge < -0.3 is 9.80 Å². The van der Waals surface area contributed by atoms with E-state index in [-0.39, 0.29) is 18.1 Å². The van der Waals surface area contributed by atoms with Crippen molar-refractivity contribution in [1.82, 2.24) is 14.9 Å². The quantitative estimate of drug-likeness (QED) is 0.868. The van der Waals surface area contributed by atoms with Gasteiger partial charge in [-0.25, -0.2) is 4.39 Å². The van der Waals surface area contributed by atoms with Crippen LogP contribution in [0.25, 0.3) is 0 Å². The standard InChI is InChI=1S/C17H19FN4O/c18-14-2-4-16(5-3-14)21-8-1-9-22(11-10-21)17(23)12-15-13-19-6-7-20-15/h2-7,13H,1,8-12H2. The summed E-state index contributed by atoms with van der Waals surface area (Å²) in [5.41, 5.74) is 1.69. The molecule has 0 saturated carbocycles. The van der Waals surface area contributed by atoms with E-state index in [4.69, 9.17) is 0 Å². The lowest BCUT2D eigenvalue weighted by atomic mass is 10.2. The molecule has 1 amide bonds. The molecule has 3 rings (SSSR count). The molecule has 1 aliphatic heterocycles. The van der Waals surface area contributed by atoms with Gasteiger partial charge in [-0.3, -0.25) is 14.8 Å². The highest BCUT2D eigenvalue weighted by Crippen LogP contribution is 2.17. The molecule has 0 aliphatic carbocycles. The van der Waals surface area contributed by atoms with Crippen LogP contribution < -0.4 is 4.90 Å². The van der Waals surface area contributed by atoms with Crippen LogP contribution in [-0.4, -0.2) is 47.0 Å². The number of aromatic nitrogens is 2. The first kappa shape index (κ1) is 15.4. The summed E-state index contributed by atoms with van der Waals surface area (Å²) in [5, 5.41) is 0. The first-order chi connectivity index (χ1) is 11.2. The Kier molecular flexibility index (Phi) is 4.80. The van der Waals surface area contributed by atoms with E-state index in [9.17, 15) is 9.18 Å². The van der Waals surface area contributed by atoms with Crippen LogP contribution in [0.2, 0.25) is 0 Å². The second-order valence-electron chi connectivity index (χ2n) is 5.57. The summed E-state index contributed by atoms with van der Waals surface area (Å²) in [6.45, 7) is 3.01. The van der Waals surface area contributed by atoms with Crippen molar-refractivity contribution in [2.24, 2.45) is 0 Å². The number of halogens is 1. The number of anilines is 1. The van der Waals surface area contributed by atoms with Gasteiger partial charge >= 0.3 is 0 Å². The highest BCUT2D eigenvalue weighted by atomic mass is 19.1. The van der Waals surface area contributed by atoms with Crippen molar-refractivity contribution in [3.63, 3.8) is 0 Å². The van der Waals surface area contributed by atoms with Crippen molar-refractivity contribution in [2.45, 2.75) is 12.8 Å². The number of hydrogen-bond donors (Lipinski definition) is 0. The van der Waals surface area contributed by atoms with Crippen LogP contribution in [0.5, 0.6) is 0 Å². The predicted octanol–water partition coefficient (Wildman–Crippen LogP) is 1.90. The fraction of sp³-hybridized carbons (Fsp3) is 0.353. The molecule has 1 fully saturated rings. The SMILES string of the molecule is O=C(Cc1cnccn1)N1CCCN(c2ccc(F)cc2)CC1. The summed E-state index contributed by atoms with van der Waals surface area (Å²) in [5.74, 6) is -0.157. The number of nitrogens with zero attached hydrogens (tertiary/aromatic N) is 4. The molecule has 1 aromatic heterocycles. The van der Waals surface area contributed by atoms with Gasteiger partial charge in [-0.2, -0.15) is 0 Å². The largest absolute Gasteiger partial charge is 0.370 e. The van der Waals surface area contributed by atoms with Crippen molar-refractivity contribution in [3.8, 4) is 0 Å². The molecule has 0 unspecified atom stereocenters. The van der Waals surface area contributed by atoms with Crippen molar-refractivity contribution < 1.29 is 9.18 Å². The van der Waals surface area contributed by atoms with E-state index in [1.54, 1.807) is 30.7 Å². The molecule has 1 aromatic carbocycles. The van der Waals surface area contributed by atoms with Crippen LogP contribution in [0.3, 0.4) is 0 Å². The van der Waals surface area contributed by atoms with E-state index in [2.05, 4.69) is 14.9 Å². The molecule has 120 valence electrons. The van der Waals surface area contributed by atoms with Crippen LogP contribution in [0.15, 0.2) is 42.9 Å². The molecular formula is C17H19FN4O. The predicted molar refractivity (Wildman–Crippen MR) is 85.5 cm³/mol. The second kappa shape index (κ2) is 7.17. The first-order valence-corrected chi connectivity index (χ1v) is 7.75. The molecule has 6 heteroatoms. The molecule has 0 atom stereocenters. The molecule has 0 spiro atoms. The Hall–Kier alpha value is -2.50. The Morgan fingerprint density at radius 2 is 1.91 bits per heavy atom. The van der Waals surface area contributed by atoms with E-state index in [0.717, 1.165) is 31.7 Å². The number of amides is 1. The maximum atomic E-state index is 13.0. The summed E-state index contributed by atoms with van der Waals surface area (Å²) >= 11 is 0. The molecule has 2 aromatic rings. The zero-order valence-electron chi connectivity index (χ0n) is 12.9. The zero-order valence-corrected chi connectivity index (χ0v) is 12.9. The Bertz CT molecular complexity index is 647. The van der Waals surface area contributed by atoms with E-state index in [1.165, 1.54) is 12.1 Å². The van der Waals surface area contributed by atoms with Gasteiger partial charge in [0.15, 0.2) is 0 Å².